The largest absolute Gasteiger partial charge is 0.467 e. The van der Waals surface area contributed by atoms with E-state index in [4.69, 9.17) is 16.2 Å². The zero-order valence-corrected chi connectivity index (χ0v) is 19.7. The van der Waals surface area contributed by atoms with Crippen LogP contribution in [0, 0.1) is 0 Å². The van der Waals surface area contributed by atoms with E-state index >= 15 is 0 Å². The SMILES string of the molecule is COC(=O)[C@H](CCCN=C(N)N)NC(=O)[C@@H]1CCCN1C(=O)[C@@H](Cc1ccccc1)NC(C)=O. The molecule has 2 rings (SSSR count). The summed E-state index contributed by atoms with van der Waals surface area (Å²) in [6.45, 7) is 2.04. The van der Waals surface area contributed by atoms with Gasteiger partial charge < -0.3 is 31.7 Å². The number of likely N-dealkylation sites (tertiary alicyclic amines) is 1. The summed E-state index contributed by atoms with van der Waals surface area (Å²) in [4.78, 5) is 55.7. The summed E-state index contributed by atoms with van der Waals surface area (Å²) in [7, 11) is 1.24. The number of amides is 3. The summed E-state index contributed by atoms with van der Waals surface area (Å²) in [5.41, 5.74) is 11.5. The summed E-state index contributed by atoms with van der Waals surface area (Å²) >= 11 is 0. The third kappa shape index (κ3) is 8.05. The van der Waals surface area contributed by atoms with E-state index in [1.54, 1.807) is 0 Å². The molecule has 34 heavy (non-hydrogen) atoms. The highest BCUT2D eigenvalue weighted by Gasteiger charge is 2.38. The van der Waals surface area contributed by atoms with Gasteiger partial charge in [-0.25, -0.2) is 4.79 Å². The summed E-state index contributed by atoms with van der Waals surface area (Å²) in [5, 5.41) is 5.41. The van der Waals surface area contributed by atoms with Crippen LogP contribution >= 0.6 is 0 Å². The molecular formula is C23H34N6O5. The molecule has 1 aliphatic heterocycles. The number of nitrogens with one attached hydrogen (secondary N) is 2. The number of aliphatic imine (C=N–C) groups is 1. The molecule has 0 spiro atoms. The number of nitrogens with zero attached hydrogens (tertiary/aromatic N) is 2. The van der Waals surface area contributed by atoms with Gasteiger partial charge in [-0.3, -0.25) is 19.4 Å². The van der Waals surface area contributed by atoms with E-state index in [1.807, 2.05) is 30.3 Å². The Morgan fingerprint density at radius 3 is 2.47 bits per heavy atom. The molecule has 0 aromatic heterocycles. The van der Waals surface area contributed by atoms with Gasteiger partial charge in [0.2, 0.25) is 17.7 Å². The molecule has 1 fully saturated rings. The average Bonchev–Trinajstić information content (AvgIpc) is 3.30. The molecule has 0 aliphatic carbocycles. The maximum atomic E-state index is 13.4. The first kappa shape index (κ1) is 26.6. The number of carbonyl (C=O) groups is 4. The Morgan fingerprint density at radius 1 is 1.15 bits per heavy atom. The molecule has 1 saturated heterocycles. The van der Waals surface area contributed by atoms with Crippen molar-refractivity contribution in [3.63, 3.8) is 0 Å². The van der Waals surface area contributed by atoms with Crippen LogP contribution in [0.3, 0.4) is 0 Å². The lowest BCUT2D eigenvalue weighted by Crippen LogP contribution is -2.55. The fraction of sp³-hybridized carbons (Fsp3) is 0.522. The molecule has 0 bridgehead atoms. The molecule has 11 heteroatoms. The topological polar surface area (TPSA) is 169 Å². The summed E-state index contributed by atoms with van der Waals surface area (Å²) < 4.78 is 4.81. The molecule has 6 N–H and O–H groups in total. The lowest BCUT2D eigenvalue weighted by molar-refractivity contribution is -0.147. The van der Waals surface area contributed by atoms with Crippen molar-refractivity contribution in [3.8, 4) is 0 Å². The van der Waals surface area contributed by atoms with Crippen LogP contribution in [0.1, 0.15) is 38.2 Å². The van der Waals surface area contributed by atoms with E-state index in [1.165, 1.54) is 18.9 Å². The van der Waals surface area contributed by atoms with Gasteiger partial charge in [-0.15, -0.1) is 0 Å². The lowest BCUT2D eigenvalue weighted by atomic mass is 10.0. The van der Waals surface area contributed by atoms with Crippen LogP contribution in [0.5, 0.6) is 0 Å². The maximum Gasteiger partial charge on any atom is 0.328 e. The van der Waals surface area contributed by atoms with Crippen molar-refractivity contribution in [1.82, 2.24) is 15.5 Å². The van der Waals surface area contributed by atoms with E-state index in [2.05, 4.69) is 15.6 Å². The van der Waals surface area contributed by atoms with Crippen molar-refractivity contribution in [2.24, 2.45) is 16.5 Å². The number of methoxy groups -OCH3 is 1. The van der Waals surface area contributed by atoms with Gasteiger partial charge in [-0.2, -0.15) is 0 Å². The average molecular weight is 475 g/mol. The first-order valence-electron chi connectivity index (χ1n) is 11.3. The van der Waals surface area contributed by atoms with Crippen molar-refractivity contribution in [3.05, 3.63) is 35.9 Å². The van der Waals surface area contributed by atoms with Gasteiger partial charge in [0.05, 0.1) is 7.11 Å². The quantitative estimate of drug-likeness (QED) is 0.144. The monoisotopic (exact) mass is 474 g/mol. The molecule has 3 amide bonds. The normalized spacial score (nSPS) is 16.8. The summed E-state index contributed by atoms with van der Waals surface area (Å²) in [6, 6.07) is 6.90. The van der Waals surface area contributed by atoms with E-state index in [0.29, 0.717) is 38.8 Å². The Labute approximate surface area is 199 Å². The zero-order valence-electron chi connectivity index (χ0n) is 19.7. The van der Waals surface area contributed by atoms with E-state index < -0.39 is 30.0 Å². The van der Waals surface area contributed by atoms with Crippen LogP contribution in [0.25, 0.3) is 0 Å². The highest BCUT2D eigenvalue weighted by Crippen LogP contribution is 2.20. The Morgan fingerprint density at radius 2 is 1.85 bits per heavy atom. The number of benzene rings is 1. The summed E-state index contributed by atoms with van der Waals surface area (Å²) in [6.07, 6.45) is 2.12. The molecule has 1 aliphatic rings. The minimum absolute atomic E-state index is 0.0528. The van der Waals surface area contributed by atoms with Crippen LogP contribution in [0.4, 0.5) is 0 Å². The van der Waals surface area contributed by atoms with Crippen LogP contribution in [0.15, 0.2) is 35.3 Å². The van der Waals surface area contributed by atoms with E-state index in [-0.39, 0.29) is 24.2 Å². The van der Waals surface area contributed by atoms with Gasteiger partial charge in [-0.05, 0) is 31.2 Å². The van der Waals surface area contributed by atoms with Crippen molar-refractivity contribution in [2.45, 2.75) is 57.2 Å². The van der Waals surface area contributed by atoms with Crippen LogP contribution < -0.4 is 22.1 Å². The van der Waals surface area contributed by atoms with E-state index in [0.717, 1.165) is 5.56 Å². The van der Waals surface area contributed by atoms with Gasteiger partial charge in [0.15, 0.2) is 5.96 Å². The van der Waals surface area contributed by atoms with Crippen molar-refractivity contribution >= 4 is 29.7 Å². The number of carbonyl (C=O) groups excluding carboxylic acids is 4. The van der Waals surface area contributed by atoms with Gasteiger partial charge in [-0.1, -0.05) is 30.3 Å². The lowest BCUT2D eigenvalue weighted by Gasteiger charge is -2.29. The molecule has 0 unspecified atom stereocenters. The predicted octanol–water partition coefficient (Wildman–Crippen LogP) is -0.564. The number of esters is 1. The number of rotatable bonds is 11. The Kier molecular flexibility index (Phi) is 10.3. The number of ether oxygens (including phenoxy) is 1. The second-order valence-electron chi connectivity index (χ2n) is 8.17. The van der Waals surface area contributed by atoms with Crippen molar-refractivity contribution in [2.75, 3.05) is 20.2 Å². The fourth-order valence-corrected chi connectivity index (χ4v) is 3.96. The van der Waals surface area contributed by atoms with Crippen LogP contribution in [0.2, 0.25) is 0 Å². The maximum absolute atomic E-state index is 13.4. The minimum atomic E-state index is -0.889. The van der Waals surface area contributed by atoms with Crippen molar-refractivity contribution in [1.29, 1.82) is 0 Å². The van der Waals surface area contributed by atoms with Gasteiger partial charge in [0.1, 0.15) is 18.1 Å². The highest BCUT2D eigenvalue weighted by molar-refractivity contribution is 5.94. The van der Waals surface area contributed by atoms with Crippen LogP contribution in [-0.2, 0) is 30.3 Å². The second kappa shape index (κ2) is 13.2. The highest BCUT2D eigenvalue weighted by atomic mass is 16.5. The minimum Gasteiger partial charge on any atom is -0.467 e. The number of hydrogen-bond donors (Lipinski definition) is 4. The third-order valence-corrected chi connectivity index (χ3v) is 5.54. The standard InChI is InChI=1S/C23H34N6O5/c1-15(30)27-18(14-16-8-4-3-5-9-16)21(32)29-13-7-11-19(29)20(31)28-17(22(33)34-2)10-6-12-26-23(24)25/h3-5,8-9,17-19H,6-7,10-14H2,1-2H3,(H,27,30)(H,28,31)(H4,24,25,26)/t17-,18+,19-/m0/s1. The smallest absolute Gasteiger partial charge is 0.328 e. The van der Waals surface area contributed by atoms with Crippen molar-refractivity contribution < 1.29 is 23.9 Å². The Hall–Kier alpha value is -3.63. The third-order valence-electron chi connectivity index (χ3n) is 5.54. The Bertz CT molecular complexity index is 887. The number of hydrogen-bond acceptors (Lipinski definition) is 6. The first-order chi connectivity index (χ1) is 16.2. The van der Waals surface area contributed by atoms with Gasteiger partial charge >= 0.3 is 5.97 Å². The molecule has 1 aromatic rings. The molecule has 0 radical (unpaired) electrons. The number of guanidine groups is 1. The molecule has 0 saturated carbocycles. The first-order valence-corrected chi connectivity index (χ1v) is 11.3. The Balaban J connectivity index is 2.09. The molecule has 186 valence electrons. The van der Waals surface area contributed by atoms with Crippen LogP contribution in [-0.4, -0.2) is 72.9 Å². The molecule has 3 atom stereocenters. The predicted molar refractivity (Wildman–Crippen MR) is 126 cm³/mol. The second-order valence-corrected chi connectivity index (χ2v) is 8.17. The van der Waals surface area contributed by atoms with E-state index in [9.17, 15) is 19.2 Å². The van der Waals surface area contributed by atoms with Gasteiger partial charge in [0, 0.05) is 26.4 Å². The molecule has 1 heterocycles. The molecular weight excluding hydrogens is 440 g/mol. The fourth-order valence-electron chi connectivity index (χ4n) is 3.96. The number of nitrogens with two attached hydrogens (primary N) is 2. The zero-order chi connectivity index (χ0) is 25.1. The van der Waals surface area contributed by atoms with Gasteiger partial charge in [0.25, 0.3) is 0 Å². The molecule has 1 aromatic carbocycles. The molecule has 11 nitrogen and oxygen atoms in total. The summed E-state index contributed by atoms with van der Waals surface area (Å²) in [5.74, 6) is -1.75.